The van der Waals surface area contributed by atoms with Gasteiger partial charge in [-0.3, -0.25) is 0 Å². The Morgan fingerprint density at radius 2 is 1.71 bits per heavy atom. The number of aryl methyl sites for hydroxylation is 1. The Balaban J connectivity index is 2.67. The first-order valence-corrected chi connectivity index (χ1v) is 6.10. The van der Waals surface area contributed by atoms with E-state index in [9.17, 15) is 0 Å². The van der Waals surface area contributed by atoms with Crippen molar-refractivity contribution < 1.29 is 0 Å². The van der Waals surface area contributed by atoms with Gasteiger partial charge in [-0.15, -0.1) is 0 Å². The fourth-order valence-corrected chi connectivity index (χ4v) is 2.31. The van der Waals surface area contributed by atoms with Gasteiger partial charge in [0.25, 0.3) is 0 Å². The second kappa shape index (κ2) is 4.19. The lowest BCUT2D eigenvalue weighted by Gasteiger charge is -2.21. The molecule has 2 nitrogen and oxygen atoms in total. The molecule has 0 atom stereocenters. The standard InChI is InChI=1S/C14H17ClN2/c1-10-12(15)13(14(2,3)4)17(16-10)11-8-6-5-7-9-11/h5-9H,1-4H3. The minimum atomic E-state index is -0.0335. The molecule has 2 aromatic rings. The molecule has 2 rings (SSSR count). The van der Waals surface area contributed by atoms with Crippen LogP contribution in [0.3, 0.4) is 0 Å². The molecule has 1 aromatic heterocycles. The highest BCUT2D eigenvalue weighted by Crippen LogP contribution is 2.33. The molecule has 0 aliphatic heterocycles. The van der Waals surface area contributed by atoms with Gasteiger partial charge in [0.1, 0.15) is 0 Å². The number of hydrogen-bond acceptors (Lipinski definition) is 1. The zero-order valence-electron chi connectivity index (χ0n) is 10.7. The number of para-hydroxylation sites is 1. The Morgan fingerprint density at radius 3 is 2.24 bits per heavy atom. The maximum absolute atomic E-state index is 6.37. The first-order chi connectivity index (χ1) is 7.91. The van der Waals surface area contributed by atoms with Gasteiger partial charge in [0.2, 0.25) is 0 Å². The van der Waals surface area contributed by atoms with Crippen molar-refractivity contribution in [3.8, 4) is 5.69 Å². The van der Waals surface area contributed by atoms with Crippen LogP contribution in [0.1, 0.15) is 32.2 Å². The highest BCUT2D eigenvalue weighted by Gasteiger charge is 2.25. The number of rotatable bonds is 1. The van der Waals surface area contributed by atoms with Crippen molar-refractivity contribution in [1.29, 1.82) is 0 Å². The molecule has 0 fully saturated rings. The molecule has 0 N–H and O–H groups in total. The average Bonchev–Trinajstić information content (AvgIpc) is 2.56. The summed E-state index contributed by atoms with van der Waals surface area (Å²) < 4.78 is 1.94. The lowest BCUT2D eigenvalue weighted by Crippen LogP contribution is -2.17. The van der Waals surface area contributed by atoms with Crippen molar-refractivity contribution in [2.45, 2.75) is 33.1 Å². The van der Waals surface area contributed by atoms with E-state index in [0.717, 1.165) is 22.1 Å². The molecule has 0 amide bonds. The number of nitrogens with zero attached hydrogens (tertiary/aromatic N) is 2. The van der Waals surface area contributed by atoms with Gasteiger partial charge in [-0.25, -0.2) is 4.68 Å². The smallest absolute Gasteiger partial charge is 0.0857 e. The SMILES string of the molecule is Cc1nn(-c2ccccc2)c(C(C)(C)C)c1Cl. The Bertz CT molecular complexity index is 521. The third kappa shape index (κ3) is 2.22. The maximum atomic E-state index is 6.37. The first-order valence-electron chi connectivity index (χ1n) is 5.72. The van der Waals surface area contributed by atoms with E-state index >= 15 is 0 Å². The molecule has 90 valence electrons. The predicted molar refractivity (Wildman–Crippen MR) is 72.0 cm³/mol. The molecule has 0 bridgehead atoms. The fourth-order valence-electron chi connectivity index (χ4n) is 1.91. The largest absolute Gasteiger partial charge is 0.235 e. The molecule has 0 aliphatic rings. The van der Waals surface area contributed by atoms with Crippen LogP contribution in [0.15, 0.2) is 30.3 Å². The van der Waals surface area contributed by atoms with Crippen molar-refractivity contribution in [2.24, 2.45) is 0 Å². The number of halogens is 1. The zero-order valence-corrected chi connectivity index (χ0v) is 11.4. The zero-order chi connectivity index (χ0) is 12.6. The number of benzene rings is 1. The van der Waals surface area contributed by atoms with Gasteiger partial charge >= 0.3 is 0 Å². The molecule has 0 radical (unpaired) electrons. The molecular weight excluding hydrogens is 232 g/mol. The van der Waals surface area contributed by atoms with Crippen LogP contribution in [0, 0.1) is 6.92 Å². The Labute approximate surface area is 107 Å². The summed E-state index contributed by atoms with van der Waals surface area (Å²) in [4.78, 5) is 0. The Morgan fingerprint density at radius 1 is 1.12 bits per heavy atom. The van der Waals surface area contributed by atoms with Crippen molar-refractivity contribution in [2.75, 3.05) is 0 Å². The van der Waals surface area contributed by atoms with Gasteiger partial charge in [-0.05, 0) is 19.1 Å². The predicted octanol–water partition coefficient (Wildman–Crippen LogP) is 4.13. The molecule has 1 aromatic carbocycles. The van der Waals surface area contributed by atoms with Crippen LogP contribution in [-0.4, -0.2) is 9.78 Å². The molecule has 0 unspecified atom stereocenters. The number of aromatic nitrogens is 2. The van der Waals surface area contributed by atoms with Gasteiger partial charge in [-0.2, -0.15) is 5.10 Å². The first kappa shape index (κ1) is 12.2. The van der Waals surface area contributed by atoms with E-state index in [1.54, 1.807) is 0 Å². The minimum absolute atomic E-state index is 0.0335. The van der Waals surface area contributed by atoms with Crippen molar-refractivity contribution in [3.63, 3.8) is 0 Å². The second-order valence-corrected chi connectivity index (χ2v) is 5.62. The summed E-state index contributed by atoms with van der Waals surface area (Å²) in [7, 11) is 0. The molecule has 0 spiro atoms. The highest BCUT2D eigenvalue weighted by atomic mass is 35.5. The fraction of sp³-hybridized carbons (Fsp3) is 0.357. The van der Waals surface area contributed by atoms with E-state index in [-0.39, 0.29) is 5.41 Å². The molecule has 0 aliphatic carbocycles. The Kier molecular flexibility index (Phi) is 3.00. The Hall–Kier alpha value is -1.28. The summed E-state index contributed by atoms with van der Waals surface area (Å²) in [6, 6.07) is 10.1. The highest BCUT2D eigenvalue weighted by molar-refractivity contribution is 6.32. The third-order valence-electron chi connectivity index (χ3n) is 2.70. The van der Waals surface area contributed by atoms with E-state index in [2.05, 4.69) is 25.9 Å². The van der Waals surface area contributed by atoms with Crippen LogP contribution in [0.25, 0.3) is 5.69 Å². The molecular formula is C14H17ClN2. The van der Waals surface area contributed by atoms with Crippen LogP contribution in [0.2, 0.25) is 5.02 Å². The van der Waals surface area contributed by atoms with E-state index in [0.29, 0.717) is 0 Å². The van der Waals surface area contributed by atoms with Gasteiger partial charge in [0, 0.05) is 5.41 Å². The summed E-state index contributed by atoms with van der Waals surface area (Å²) in [6.07, 6.45) is 0. The van der Waals surface area contributed by atoms with Gasteiger partial charge in [0.05, 0.1) is 22.1 Å². The van der Waals surface area contributed by atoms with Gasteiger partial charge in [0.15, 0.2) is 0 Å². The van der Waals surface area contributed by atoms with Crippen LogP contribution in [-0.2, 0) is 5.41 Å². The lowest BCUT2D eigenvalue weighted by atomic mass is 9.91. The van der Waals surface area contributed by atoms with Gasteiger partial charge in [-0.1, -0.05) is 50.6 Å². The maximum Gasteiger partial charge on any atom is 0.0857 e. The van der Waals surface area contributed by atoms with Crippen LogP contribution < -0.4 is 0 Å². The van der Waals surface area contributed by atoms with E-state index in [1.807, 2.05) is 41.9 Å². The minimum Gasteiger partial charge on any atom is -0.235 e. The summed E-state index contributed by atoms with van der Waals surface area (Å²) >= 11 is 6.37. The second-order valence-electron chi connectivity index (χ2n) is 5.25. The van der Waals surface area contributed by atoms with Crippen LogP contribution in [0.5, 0.6) is 0 Å². The quantitative estimate of drug-likeness (QED) is 0.742. The van der Waals surface area contributed by atoms with Crippen LogP contribution >= 0.6 is 11.6 Å². The molecule has 17 heavy (non-hydrogen) atoms. The molecule has 0 saturated carbocycles. The number of hydrogen-bond donors (Lipinski definition) is 0. The van der Waals surface area contributed by atoms with E-state index < -0.39 is 0 Å². The third-order valence-corrected chi connectivity index (χ3v) is 3.15. The topological polar surface area (TPSA) is 17.8 Å². The van der Waals surface area contributed by atoms with Crippen LogP contribution in [0.4, 0.5) is 0 Å². The van der Waals surface area contributed by atoms with E-state index in [4.69, 9.17) is 11.6 Å². The molecule has 1 heterocycles. The van der Waals surface area contributed by atoms with Crippen molar-refractivity contribution >= 4 is 11.6 Å². The van der Waals surface area contributed by atoms with E-state index in [1.165, 1.54) is 0 Å². The normalized spacial score (nSPS) is 11.8. The lowest BCUT2D eigenvalue weighted by molar-refractivity contribution is 0.544. The average molecular weight is 249 g/mol. The molecule has 0 saturated heterocycles. The summed E-state index contributed by atoms with van der Waals surface area (Å²) in [5.74, 6) is 0. The summed E-state index contributed by atoms with van der Waals surface area (Å²) in [5, 5.41) is 5.30. The summed E-state index contributed by atoms with van der Waals surface area (Å²) in [5.41, 5.74) is 2.95. The molecule has 3 heteroatoms. The monoisotopic (exact) mass is 248 g/mol. The summed E-state index contributed by atoms with van der Waals surface area (Å²) in [6.45, 7) is 8.38. The van der Waals surface area contributed by atoms with Gasteiger partial charge < -0.3 is 0 Å². The van der Waals surface area contributed by atoms with Crippen molar-refractivity contribution in [3.05, 3.63) is 46.7 Å². The van der Waals surface area contributed by atoms with Crippen molar-refractivity contribution in [1.82, 2.24) is 9.78 Å².